The van der Waals surface area contributed by atoms with E-state index < -0.39 is 0 Å². The number of fused-ring (bicyclic) bond motifs is 2. The summed E-state index contributed by atoms with van der Waals surface area (Å²) in [5.74, 6) is 2.11. The first-order chi connectivity index (χ1) is 17.0. The van der Waals surface area contributed by atoms with Gasteiger partial charge in [-0.15, -0.1) is 0 Å². The number of anilines is 2. The lowest BCUT2D eigenvalue weighted by atomic mass is 10.1. The van der Waals surface area contributed by atoms with Gasteiger partial charge in [0.25, 0.3) is 0 Å². The van der Waals surface area contributed by atoms with Crippen LogP contribution in [0.5, 0.6) is 0 Å². The molecule has 1 N–H and O–H groups in total. The highest BCUT2D eigenvalue weighted by Gasteiger charge is 2.16. The molecule has 0 fully saturated rings. The van der Waals surface area contributed by atoms with Gasteiger partial charge in [0.15, 0.2) is 11.5 Å². The molecule has 0 amide bonds. The Hall–Kier alpha value is -4.30. The fraction of sp³-hybridized carbons (Fsp3) is 0.115. The summed E-state index contributed by atoms with van der Waals surface area (Å²) in [7, 11) is 0. The van der Waals surface area contributed by atoms with Crippen molar-refractivity contribution in [3.05, 3.63) is 89.0 Å². The van der Waals surface area contributed by atoms with Gasteiger partial charge in [-0.2, -0.15) is 14.9 Å². The fourth-order valence-corrected chi connectivity index (χ4v) is 4.46. The highest BCUT2D eigenvalue weighted by atomic mass is 35.5. The molecular formula is C26H21ClN8. The normalized spacial score (nSPS) is 11.4. The van der Waals surface area contributed by atoms with Gasteiger partial charge in [0.05, 0.1) is 28.5 Å². The third-order valence-corrected chi connectivity index (χ3v) is 6.18. The van der Waals surface area contributed by atoms with Crippen LogP contribution >= 0.6 is 11.6 Å². The van der Waals surface area contributed by atoms with E-state index in [-0.39, 0.29) is 0 Å². The Morgan fingerprint density at radius 2 is 1.71 bits per heavy atom. The lowest BCUT2D eigenvalue weighted by Gasteiger charge is -2.12. The molecule has 4 heterocycles. The molecule has 9 heteroatoms. The Bertz CT molecular complexity index is 1730. The maximum atomic E-state index is 6.18. The first kappa shape index (κ1) is 21.2. The zero-order valence-electron chi connectivity index (χ0n) is 19.4. The van der Waals surface area contributed by atoms with Gasteiger partial charge in [-0.05, 0) is 56.2 Å². The maximum absolute atomic E-state index is 6.18. The zero-order chi connectivity index (χ0) is 24.1. The van der Waals surface area contributed by atoms with Crippen LogP contribution < -0.4 is 5.32 Å². The molecule has 0 atom stereocenters. The second-order valence-electron chi connectivity index (χ2n) is 8.47. The predicted molar refractivity (Wildman–Crippen MR) is 138 cm³/mol. The number of halogens is 1. The van der Waals surface area contributed by atoms with Crippen molar-refractivity contribution < 1.29 is 0 Å². The molecular weight excluding hydrogens is 460 g/mol. The summed E-state index contributed by atoms with van der Waals surface area (Å²) in [6.07, 6.45) is 3.26. The molecule has 0 aliphatic rings. The predicted octanol–water partition coefficient (Wildman–Crippen LogP) is 5.87. The molecule has 172 valence electrons. The van der Waals surface area contributed by atoms with Crippen molar-refractivity contribution in [3.8, 4) is 11.5 Å². The van der Waals surface area contributed by atoms with Crippen molar-refractivity contribution in [2.45, 2.75) is 20.8 Å². The largest absolute Gasteiger partial charge is 0.324 e. The van der Waals surface area contributed by atoms with Crippen LogP contribution in [0, 0.1) is 20.8 Å². The third-order valence-electron chi connectivity index (χ3n) is 5.95. The lowest BCUT2D eigenvalue weighted by molar-refractivity contribution is 0.842. The Kier molecular flexibility index (Phi) is 4.96. The number of aromatic nitrogens is 7. The topological polar surface area (TPSA) is 86.3 Å². The van der Waals surface area contributed by atoms with Gasteiger partial charge in [-0.3, -0.25) is 0 Å². The maximum Gasteiger partial charge on any atom is 0.168 e. The summed E-state index contributed by atoms with van der Waals surface area (Å²) in [5, 5.41) is 15.2. The SMILES string of the molecule is Cc1cc(Nc2ncnc3c2cnn3-c2cccc(Cl)c2)n(-c2cc(C)c3cccc(C)c3n2)n1. The van der Waals surface area contributed by atoms with Crippen LogP contribution in [0.25, 0.3) is 33.4 Å². The average Bonchev–Trinajstić information content (AvgIpc) is 3.44. The van der Waals surface area contributed by atoms with E-state index in [2.05, 4.69) is 52.4 Å². The molecule has 0 saturated heterocycles. The van der Waals surface area contributed by atoms with Gasteiger partial charge in [-0.1, -0.05) is 35.9 Å². The molecule has 4 aromatic heterocycles. The average molecular weight is 481 g/mol. The van der Waals surface area contributed by atoms with Gasteiger partial charge >= 0.3 is 0 Å². The van der Waals surface area contributed by atoms with Crippen LogP contribution in [-0.2, 0) is 0 Å². The van der Waals surface area contributed by atoms with E-state index in [0.29, 0.717) is 16.5 Å². The molecule has 6 aromatic rings. The third kappa shape index (κ3) is 3.68. The van der Waals surface area contributed by atoms with Gasteiger partial charge in [0, 0.05) is 16.5 Å². The summed E-state index contributed by atoms with van der Waals surface area (Å²) in [4.78, 5) is 13.9. The number of aryl methyl sites for hydroxylation is 3. The number of nitrogens with one attached hydrogen (secondary N) is 1. The Morgan fingerprint density at radius 3 is 2.57 bits per heavy atom. The number of pyridine rings is 1. The summed E-state index contributed by atoms with van der Waals surface area (Å²) >= 11 is 6.18. The van der Waals surface area contributed by atoms with Crippen molar-refractivity contribution in [2.75, 3.05) is 5.32 Å². The zero-order valence-corrected chi connectivity index (χ0v) is 20.1. The second-order valence-corrected chi connectivity index (χ2v) is 8.91. The lowest BCUT2D eigenvalue weighted by Crippen LogP contribution is -2.07. The number of hydrogen-bond donors (Lipinski definition) is 1. The van der Waals surface area contributed by atoms with Crippen LogP contribution in [0.1, 0.15) is 16.8 Å². The van der Waals surface area contributed by atoms with Crippen LogP contribution in [0.4, 0.5) is 11.6 Å². The van der Waals surface area contributed by atoms with Crippen LogP contribution in [0.15, 0.2) is 67.1 Å². The molecule has 35 heavy (non-hydrogen) atoms. The number of rotatable bonds is 4. The molecule has 8 nitrogen and oxygen atoms in total. The molecule has 2 aromatic carbocycles. The second kappa shape index (κ2) is 8.18. The Morgan fingerprint density at radius 1 is 0.857 bits per heavy atom. The first-order valence-corrected chi connectivity index (χ1v) is 11.5. The van der Waals surface area contributed by atoms with Crippen molar-refractivity contribution in [3.63, 3.8) is 0 Å². The van der Waals surface area contributed by atoms with E-state index >= 15 is 0 Å². The van der Waals surface area contributed by atoms with Crippen molar-refractivity contribution in [2.24, 2.45) is 0 Å². The summed E-state index contributed by atoms with van der Waals surface area (Å²) < 4.78 is 3.55. The molecule has 0 aliphatic heterocycles. The van der Waals surface area contributed by atoms with Crippen molar-refractivity contribution >= 4 is 45.2 Å². The molecule has 0 spiro atoms. The van der Waals surface area contributed by atoms with E-state index in [4.69, 9.17) is 21.7 Å². The summed E-state index contributed by atoms with van der Waals surface area (Å²) in [6.45, 7) is 6.11. The standard InChI is InChI=1S/C26H21ClN8/c1-15-6-4-9-20-16(2)10-22(31-24(15)20)35-23(11-17(3)33-35)32-25-21-13-30-34(26(21)29-14-28-25)19-8-5-7-18(27)12-19/h4-14H,1-3H3,(H,28,29,32). The molecule has 0 radical (unpaired) electrons. The van der Waals surface area contributed by atoms with E-state index in [1.807, 2.05) is 48.0 Å². The molecule has 0 bridgehead atoms. The molecule has 0 saturated carbocycles. The highest BCUT2D eigenvalue weighted by molar-refractivity contribution is 6.30. The van der Waals surface area contributed by atoms with Crippen LogP contribution in [-0.4, -0.2) is 34.5 Å². The first-order valence-electron chi connectivity index (χ1n) is 11.1. The highest BCUT2D eigenvalue weighted by Crippen LogP contribution is 2.28. The van der Waals surface area contributed by atoms with Crippen LogP contribution in [0.2, 0.25) is 5.02 Å². The summed E-state index contributed by atoms with van der Waals surface area (Å²) in [5.41, 5.74) is 5.58. The van der Waals surface area contributed by atoms with Crippen molar-refractivity contribution in [1.82, 2.24) is 34.5 Å². The Labute approximate surface area is 206 Å². The molecule has 0 aliphatic carbocycles. The van der Waals surface area contributed by atoms with Crippen molar-refractivity contribution in [1.29, 1.82) is 0 Å². The van der Waals surface area contributed by atoms with Gasteiger partial charge in [0.1, 0.15) is 18.0 Å². The number of para-hydroxylation sites is 1. The van der Waals surface area contributed by atoms with Gasteiger partial charge in [-0.25, -0.2) is 19.6 Å². The van der Waals surface area contributed by atoms with Crippen LogP contribution in [0.3, 0.4) is 0 Å². The fourth-order valence-electron chi connectivity index (χ4n) is 4.28. The minimum atomic E-state index is 0.623. The monoisotopic (exact) mass is 480 g/mol. The quantitative estimate of drug-likeness (QED) is 0.339. The number of benzene rings is 2. The molecule has 6 rings (SSSR count). The molecule has 0 unspecified atom stereocenters. The van der Waals surface area contributed by atoms with E-state index in [1.54, 1.807) is 10.9 Å². The minimum absolute atomic E-state index is 0.623. The van der Waals surface area contributed by atoms with E-state index in [1.165, 1.54) is 6.33 Å². The van der Waals surface area contributed by atoms with Gasteiger partial charge < -0.3 is 5.32 Å². The van der Waals surface area contributed by atoms with E-state index in [0.717, 1.165) is 50.4 Å². The Balaban J connectivity index is 1.45. The minimum Gasteiger partial charge on any atom is -0.324 e. The van der Waals surface area contributed by atoms with E-state index in [9.17, 15) is 0 Å². The van der Waals surface area contributed by atoms with Gasteiger partial charge in [0.2, 0.25) is 0 Å². The smallest absolute Gasteiger partial charge is 0.168 e. The summed E-state index contributed by atoms with van der Waals surface area (Å²) in [6, 6.07) is 17.7. The number of hydrogen-bond acceptors (Lipinski definition) is 6. The number of nitrogens with zero attached hydrogens (tertiary/aromatic N) is 7.